The average Bonchev–Trinajstić information content (AvgIpc) is 3.41. The SMILES string of the molecule is O=C1[C@H]2[C@H](c3cc(Cl)ccc3OCc3cccc(Cl)c3)c3sc(=O)[nH]c3S[C@H]2C(=O)N1c1cccc(C(F)(F)F)c1. The van der Waals surface area contributed by atoms with E-state index in [1.807, 2.05) is 6.07 Å². The third-order valence-electron chi connectivity index (χ3n) is 6.85. The van der Waals surface area contributed by atoms with Gasteiger partial charge in [0.2, 0.25) is 11.8 Å². The molecule has 3 heterocycles. The lowest BCUT2D eigenvalue weighted by Gasteiger charge is -2.31. The topological polar surface area (TPSA) is 79.5 Å². The molecule has 3 aromatic carbocycles. The highest BCUT2D eigenvalue weighted by molar-refractivity contribution is 8.00. The Balaban J connectivity index is 1.44. The van der Waals surface area contributed by atoms with Crippen LogP contribution in [0.25, 0.3) is 0 Å². The molecule has 1 fully saturated rings. The van der Waals surface area contributed by atoms with Crippen LogP contribution in [0.15, 0.2) is 76.6 Å². The first-order chi connectivity index (χ1) is 19.5. The van der Waals surface area contributed by atoms with Gasteiger partial charge in [0.15, 0.2) is 0 Å². The molecule has 0 bridgehead atoms. The van der Waals surface area contributed by atoms with Gasteiger partial charge >= 0.3 is 11.0 Å². The molecule has 0 aliphatic carbocycles. The standard InChI is InChI=1S/C28H17Cl2F3N2O4S2/c29-15-5-1-3-13(9-15)12-39-19-8-7-16(30)11-18(19)20-21-23(40-24-22(20)41-27(38)34-24)26(37)35(25(21)36)17-6-2-4-14(10-17)28(31,32)33/h1-11,20-21,23H,12H2,(H,34,38)/t20-,21-,23+/m0/s1. The second kappa shape index (κ2) is 10.5. The van der Waals surface area contributed by atoms with Crippen LogP contribution in [-0.2, 0) is 22.4 Å². The summed E-state index contributed by atoms with van der Waals surface area (Å²) >= 11 is 14.4. The number of anilines is 1. The van der Waals surface area contributed by atoms with Crippen molar-refractivity contribution in [1.82, 2.24) is 4.98 Å². The van der Waals surface area contributed by atoms with E-state index in [1.165, 1.54) is 6.07 Å². The third-order valence-corrected chi connectivity index (χ3v) is 9.72. The number of rotatable bonds is 5. The number of aromatic nitrogens is 1. The van der Waals surface area contributed by atoms with Gasteiger partial charge in [-0.3, -0.25) is 14.4 Å². The number of thiazole rings is 1. The Labute approximate surface area is 249 Å². The molecule has 2 aliphatic rings. The summed E-state index contributed by atoms with van der Waals surface area (Å²) in [5, 5.41) is 0.278. The first-order valence-corrected chi connectivity index (χ1v) is 14.6. The van der Waals surface area contributed by atoms with E-state index in [0.29, 0.717) is 31.3 Å². The number of carbonyl (C=O) groups excluding carboxylic acids is 2. The number of benzene rings is 3. The Kier molecular flexibility index (Phi) is 7.17. The summed E-state index contributed by atoms with van der Waals surface area (Å²) in [6.07, 6.45) is -4.66. The molecule has 0 unspecified atom stereocenters. The number of alkyl halides is 3. The number of hydrogen-bond acceptors (Lipinski definition) is 6. The first-order valence-electron chi connectivity index (χ1n) is 12.1. The lowest BCUT2D eigenvalue weighted by atomic mass is 9.82. The van der Waals surface area contributed by atoms with Crippen LogP contribution in [-0.4, -0.2) is 22.0 Å². The van der Waals surface area contributed by atoms with Crippen LogP contribution in [0.3, 0.4) is 0 Å². The summed E-state index contributed by atoms with van der Waals surface area (Å²) in [5.41, 5.74) is 0.0947. The molecule has 4 aromatic rings. The maximum atomic E-state index is 14.0. The van der Waals surface area contributed by atoms with Crippen LogP contribution < -0.4 is 14.5 Å². The van der Waals surface area contributed by atoms with Crippen molar-refractivity contribution < 1.29 is 27.5 Å². The van der Waals surface area contributed by atoms with Crippen molar-refractivity contribution in [2.75, 3.05) is 4.90 Å². The zero-order valence-electron chi connectivity index (χ0n) is 20.6. The van der Waals surface area contributed by atoms with Gasteiger partial charge in [0.25, 0.3) is 0 Å². The average molecular weight is 637 g/mol. The number of aromatic amines is 1. The normalized spacial score (nSPS) is 20.2. The molecule has 0 spiro atoms. The Hall–Kier alpha value is -3.25. The Morgan fingerprint density at radius 3 is 2.44 bits per heavy atom. The molecule has 1 saturated heterocycles. The zero-order valence-corrected chi connectivity index (χ0v) is 23.7. The molecule has 2 aliphatic heterocycles. The zero-order chi connectivity index (χ0) is 29.1. The fourth-order valence-corrected chi connectivity index (χ4v) is 8.01. The first kappa shape index (κ1) is 27.9. The van der Waals surface area contributed by atoms with Crippen molar-refractivity contribution in [2.24, 2.45) is 5.92 Å². The maximum absolute atomic E-state index is 14.0. The van der Waals surface area contributed by atoms with Gasteiger partial charge in [-0.05, 0) is 54.1 Å². The molecule has 3 atom stereocenters. The van der Waals surface area contributed by atoms with E-state index in [4.69, 9.17) is 27.9 Å². The van der Waals surface area contributed by atoms with Gasteiger partial charge in [-0.1, -0.05) is 64.5 Å². The van der Waals surface area contributed by atoms with E-state index in [2.05, 4.69) is 4.98 Å². The maximum Gasteiger partial charge on any atom is 0.416 e. The molecule has 1 N–H and O–H groups in total. The van der Waals surface area contributed by atoms with Crippen LogP contribution in [0, 0.1) is 5.92 Å². The third kappa shape index (κ3) is 5.16. The van der Waals surface area contributed by atoms with E-state index in [0.717, 1.165) is 51.8 Å². The molecule has 210 valence electrons. The molecule has 6 nitrogen and oxygen atoms in total. The van der Waals surface area contributed by atoms with Gasteiger partial charge in [-0.25, -0.2) is 4.90 Å². The lowest BCUT2D eigenvalue weighted by Crippen LogP contribution is -2.32. The van der Waals surface area contributed by atoms with Crippen molar-refractivity contribution in [2.45, 2.75) is 29.0 Å². The van der Waals surface area contributed by atoms with Gasteiger partial charge in [0.05, 0.1) is 22.2 Å². The highest BCUT2D eigenvalue weighted by Gasteiger charge is 2.57. The second-order valence-corrected chi connectivity index (χ2v) is 12.4. The fraction of sp³-hybridized carbons (Fsp3) is 0.179. The Morgan fingerprint density at radius 2 is 1.68 bits per heavy atom. The van der Waals surface area contributed by atoms with Gasteiger partial charge in [0.1, 0.15) is 17.6 Å². The lowest BCUT2D eigenvalue weighted by molar-refractivity contribution is -0.137. The second-order valence-electron chi connectivity index (χ2n) is 9.41. The molecule has 2 amide bonds. The number of fused-ring (bicyclic) bond motifs is 2. The minimum absolute atomic E-state index is 0.129. The van der Waals surface area contributed by atoms with E-state index < -0.39 is 40.6 Å². The van der Waals surface area contributed by atoms with Gasteiger partial charge in [-0.2, -0.15) is 13.2 Å². The molecular formula is C28H17Cl2F3N2O4S2. The summed E-state index contributed by atoms with van der Waals surface area (Å²) in [6, 6.07) is 16.0. The molecule has 0 radical (unpaired) electrons. The van der Waals surface area contributed by atoms with Gasteiger partial charge in [0, 0.05) is 26.4 Å². The Bertz CT molecular complexity index is 1760. The monoisotopic (exact) mass is 636 g/mol. The number of imide groups is 1. The van der Waals surface area contributed by atoms with Crippen molar-refractivity contribution in [3.8, 4) is 5.75 Å². The van der Waals surface area contributed by atoms with Gasteiger partial charge < -0.3 is 9.72 Å². The van der Waals surface area contributed by atoms with E-state index in [-0.39, 0.29) is 17.2 Å². The van der Waals surface area contributed by atoms with Crippen molar-refractivity contribution in [3.63, 3.8) is 0 Å². The summed E-state index contributed by atoms with van der Waals surface area (Å²) in [4.78, 5) is 43.7. The van der Waals surface area contributed by atoms with Crippen LogP contribution >= 0.6 is 46.3 Å². The van der Waals surface area contributed by atoms with Crippen LogP contribution in [0.4, 0.5) is 18.9 Å². The summed E-state index contributed by atoms with van der Waals surface area (Å²) < 4.78 is 46.5. The molecule has 13 heteroatoms. The van der Waals surface area contributed by atoms with E-state index in [9.17, 15) is 27.6 Å². The number of nitrogens with one attached hydrogen (secondary N) is 1. The van der Waals surface area contributed by atoms with Crippen LogP contribution in [0.2, 0.25) is 10.0 Å². The number of halogens is 5. The molecular weight excluding hydrogens is 620 g/mol. The highest BCUT2D eigenvalue weighted by Crippen LogP contribution is 2.55. The summed E-state index contributed by atoms with van der Waals surface area (Å²) in [5.74, 6) is -2.84. The minimum atomic E-state index is -4.66. The fourth-order valence-electron chi connectivity index (χ4n) is 5.11. The van der Waals surface area contributed by atoms with Crippen molar-refractivity contribution >= 4 is 63.8 Å². The smallest absolute Gasteiger partial charge is 0.416 e. The predicted molar refractivity (Wildman–Crippen MR) is 151 cm³/mol. The number of carbonyl (C=O) groups is 2. The predicted octanol–water partition coefficient (Wildman–Crippen LogP) is 7.14. The molecule has 0 saturated carbocycles. The molecule has 41 heavy (non-hydrogen) atoms. The number of thioether (sulfide) groups is 1. The minimum Gasteiger partial charge on any atom is -0.489 e. The van der Waals surface area contributed by atoms with E-state index in [1.54, 1.807) is 36.4 Å². The number of amides is 2. The van der Waals surface area contributed by atoms with Gasteiger partial charge in [-0.15, -0.1) is 0 Å². The van der Waals surface area contributed by atoms with Crippen molar-refractivity contribution in [3.05, 3.63) is 108 Å². The Morgan fingerprint density at radius 1 is 0.927 bits per heavy atom. The number of ether oxygens (including phenoxy) is 1. The van der Waals surface area contributed by atoms with E-state index >= 15 is 0 Å². The summed E-state index contributed by atoms with van der Waals surface area (Å²) in [7, 11) is 0. The quantitative estimate of drug-likeness (QED) is 0.236. The summed E-state index contributed by atoms with van der Waals surface area (Å²) in [6.45, 7) is 0.129. The molecule has 6 rings (SSSR count). The number of H-pyrrole nitrogens is 1. The largest absolute Gasteiger partial charge is 0.489 e. The number of nitrogens with zero attached hydrogens (tertiary/aromatic N) is 1. The van der Waals surface area contributed by atoms with Crippen molar-refractivity contribution in [1.29, 1.82) is 0 Å². The number of hydrogen-bond donors (Lipinski definition) is 1. The van der Waals surface area contributed by atoms with Crippen LogP contribution in [0.5, 0.6) is 5.75 Å². The molecule has 1 aromatic heterocycles. The van der Waals surface area contributed by atoms with Crippen LogP contribution in [0.1, 0.15) is 27.5 Å². The highest BCUT2D eigenvalue weighted by atomic mass is 35.5.